The van der Waals surface area contributed by atoms with Crippen molar-refractivity contribution in [1.82, 2.24) is 9.97 Å². The number of hydrogen-bond acceptors (Lipinski definition) is 4. The molecule has 23 heavy (non-hydrogen) atoms. The van der Waals surface area contributed by atoms with Gasteiger partial charge in [-0.25, -0.2) is 4.98 Å². The first-order valence-electron chi connectivity index (χ1n) is 7.30. The van der Waals surface area contributed by atoms with Gasteiger partial charge in [0.05, 0.1) is 11.4 Å². The fraction of sp³-hybridized carbons (Fsp3) is 0.105. The van der Waals surface area contributed by atoms with E-state index in [0.717, 1.165) is 22.4 Å². The average Bonchev–Trinajstić information content (AvgIpc) is 2.57. The molecule has 0 atom stereocenters. The predicted molar refractivity (Wildman–Crippen MR) is 91.5 cm³/mol. The summed E-state index contributed by atoms with van der Waals surface area (Å²) in [6, 6.07) is 15.8. The number of benzene rings is 1. The fourth-order valence-corrected chi connectivity index (χ4v) is 2.56. The Kier molecular flexibility index (Phi) is 3.78. The van der Waals surface area contributed by atoms with Gasteiger partial charge < -0.3 is 5.73 Å². The highest BCUT2D eigenvalue weighted by Crippen LogP contribution is 2.31. The molecule has 4 nitrogen and oxygen atoms in total. The lowest BCUT2D eigenvalue weighted by Crippen LogP contribution is -2.01. The lowest BCUT2D eigenvalue weighted by Gasteiger charge is -2.11. The van der Waals surface area contributed by atoms with Gasteiger partial charge in [0.1, 0.15) is 17.5 Å². The van der Waals surface area contributed by atoms with E-state index in [4.69, 9.17) is 5.73 Å². The summed E-state index contributed by atoms with van der Waals surface area (Å²) in [4.78, 5) is 8.77. The highest BCUT2D eigenvalue weighted by atomic mass is 14.9. The number of hydrogen-bond donors (Lipinski definition) is 1. The zero-order chi connectivity index (χ0) is 16.4. The fourth-order valence-electron chi connectivity index (χ4n) is 2.56. The van der Waals surface area contributed by atoms with Crippen LogP contribution in [0.25, 0.3) is 22.5 Å². The van der Waals surface area contributed by atoms with E-state index in [2.05, 4.69) is 34.2 Å². The largest absolute Gasteiger partial charge is 0.383 e. The molecule has 112 valence electrons. The van der Waals surface area contributed by atoms with Crippen molar-refractivity contribution in [3.8, 4) is 28.6 Å². The van der Waals surface area contributed by atoms with Crippen LogP contribution in [0.5, 0.6) is 0 Å². The SMILES string of the molecule is Cc1ccc(C)c(-c2cc(-c3ccccn3)c(C#N)c(N)n2)c1. The molecule has 0 fully saturated rings. The minimum atomic E-state index is 0.228. The maximum atomic E-state index is 9.42. The van der Waals surface area contributed by atoms with Crippen molar-refractivity contribution in [2.45, 2.75) is 13.8 Å². The normalized spacial score (nSPS) is 10.3. The van der Waals surface area contributed by atoms with E-state index in [1.54, 1.807) is 6.20 Å². The number of rotatable bonds is 2. The minimum absolute atomic E-state index is 0.228. The molecule has 0 radical (unpaired) electrons. The molecule has 0 unspecified atom stereocenters. The molecule has 0 aliphatic rings. The van der Waals surface area contributed by atoms with Crippen LogP contribution in [0.1, 0.15) is 16.7 Å². The summed E-state index contributed by atoms with van der Waals surface area (Å²) in [5.41, 5.74) is 11.8. The summed E-state index contributed by atoms with van der Waals surface area (Å²) in [5.74, 6) is 0.228. The molecule has 3 aromatic rings. The summed E-state index contributed by atoms with van der Waals surface area (Å²) in [6.07, 6.45) is 1.70. The summed E-state index contributed by atoms with van der Waals surface area (Å²) >= 11 is 0. The summed E-state index contributed by atoms with van der Waals surface area (Å²) in [5, 5.41) is 9.42. The van der Waals surface area contributed by atoms with E-state index in [0.29, 0.717) is 16.8 Å². The number of nitrogens with zero attached hydrogens (tertiary/aromatic N) is 3. The molecule has 0 amide bonds. The number of anilines is 1. The second-order valence-corrected chi connectivity index (χ2v) is 5.46. The van der Waals surface area contributed by atoms with Crippen LogP contribution in [0, 0.1) is 25.2 Å². The van der Waals surface area contributed by atoms with Crippen molar-refractivity contribution in [3.05, 3.63) is 65.4 Å². The molecule has 0 saturated carbocycles. The van der Waals surface area contributed by atoms with Crippen LogP contribution in [0.15, 0.2) is 48.7 Å². The first kappa shape index (κ1) is 14.7. The summed E-state index contributed by atoms with van der Waals surface area (Å²) in [7, 11) is 0. The van der Waals surface area contributed by atoms with Crippen molar-refractivity contribution in [2.75, 3.05) is 5.73 Å². The Morgan fingerprint density at radius 2 is 1.83 bits per heavy atom. The second kappa shape index (κ2) is 5.90. The van der Waals surface area contributed by atoms with Gasteiger partial charge in [-0.15, -0.1) is 0 Å². The Morgan fingerprint density at radius 1 is 1.00 bits per heavy atom. The van der Waals surface area contributed by atoms with Gasteiger partial charge >= 0.3 is 0 Å². The first-order valence-corrected chi connectivity index (χ1v) is 7.30. The van der Waals surface area contributed by atoms with Crippen molar-refractivity contribution in [1.29, 1.82) is 5.26 Å². The van der Waals surface area contributed by atoms with Gasteiger partial charge in [0.2, 0.25) is 0 Å². The third-order valence-corrected chi connectivity index (χ3v) is 3.77. The van der Waals surface area contributed by atoms with Gasteiger partial charge in [-0.1, -0.05) is 23.8 Å². The average molecular weight is 300 g/mol. The third-order valence-electron chi connectivity index (χ3n) is 3.77. The Hall–Kier alpha value is -3.19. The van der Waals surface area contributed by atoms with E-state index in [-0.39, 0.29) is 5.82 Å². The van der Waals surface area contributed by atoms with E-state index in [9.17, 15) is 5.26 Å². The van der Waals surface area contributed by atoms with Crippen LogP contribution in [-0.4, -0.2) is 9.97 Å². The van der Waals surface area contributed by atoms with E-state index >= 15 is 0 Å². The monoisotopic (exact) mass is 300 g/mol. The first-order chi connectivity index (χ1) is 11.1. The number of pyridine rings is 2. The van der Waals surface area contributed by atoms with Crippen LogP contribution >= 0.6 is 0 Å². The van der Waals surface area contributed by atoms with Crippen LogP contribution in [-0.2, 0) is 0 Å². The Balaban J connectivity index is 2.27. The molecule has 1 aromatic carbocycles. The molecule has 3 rings (SSSR count). The molecule has 0 aliphatic heterocycles. The molecule has 0 aliphatic carbocycles. The van der Waals surface area contributed by atoms with Crippen molar-refractivity contribution >= 4 is 5.82 Å². The topological polar surface area (TPSA) is 75.6 Å². The van der Waals surface area contributed by atoms with Crippen LogP contribution in [0.2, 0.25) is 0 Å². The Morgan fingerprint density at radius 3 is 2.52 bits per heavy atom. The molecule has 0 spiro atoms. The van der Waals surface area contributed by atoms with E-state index in [1.807, 2.05) is 38.1 Å². The van der Waals surface area contributed by atoms with Gasteiger partial charge in [-0.05, 0) is 43.7 Å². The minimum Gasteiger partial charge on any atom is -0.383 e. The number of aryl methyl sites for hydroxylation is 2. The third kappa shape index (κ3) is 2.77. The van der Waals surface area contributed by atoms with Crippen LogP contribution in [0.4, 0.5) is 5.82 Å². The van der Waals surface area contributed by atoms with Crippen LogP contribution in [0.3, 0.4) is 0 Å². The zero-order valence-electron chi connectivity index (χ0n) is 13.0. The van der Waals surface area contributed by atoms with Gasteiger partial charge in [-0.3, -0.25) is 4.98 Å². The highest BCUT2D eigenvalue weighted by Gasteiger charge is 2.15. The molecule has 0 bridgehead atoms. The highest BCUT2D eigenvalue weighted by molar-refractivity contribution is 5.79. The summed E-state index contributed by atoms with van der Waals surface area (Å²) in [6.45, 7) is 4.07. The van der Waals surface area contributed by atoms with Crippen molar-refractivity contribution in [2.24, 2.45) is 0 Å². The molecule has 2 N–H and O–H groups in total. The number of aromatic nitrogens is 2. The maximum Gasteiger partial charge on any atom is 0.142 e. The van der Waals surface area contributed by atoms with E-state index in [1.165, 1.54) is 0 Å². The van der Waals surface area contributed by atoms with Crippen molar-refractivity contribution in [3.63, 3.8) is 0 Å². The van der Waals surface area contributed by atoms with Gasteiger partial charge in [0.15, 0.2) is 0 Å². The molecule has 2 aromatic heterocycles. The molecular formula is C19H16N4. The quantitative estimate of drug-likeness (QED) is 0.779. The number of nitrogens with two attached hydrogens (primary N) is 1. The number of nitriles is 1. The van der Waals surface area contributed by atoms with Crippen LogP contribution < -0.4 is 5.73 Å². The molecule has 0 saturated heterocycles. The lowest BCUT2D eigenvalue weighted by atomic mass is 9.98. The van der Waals surface area contributed by atoms with Gasteiger partial charge in [0, 0.05) is 17.3 Å². The Bertz CT molecular complexity index is 909. The second-order valence-electron chi connectivity index (χ2n) is 5.46. The summed E-state index contributed by atoms with van der Waals surface area (Å²) < 4.78 is 0. The predicted octanol–water partition coefficient (Wildman–Crippen LogP) is 3.88. The zero-order valence-corrected chi connectivity index (χ0v) is 13.0. The lowest BCUT2D eigenvalue weighted by molar-refractivity contribution is 1.26. The molecule has 4 heteroatoms. The Labute approximate surface area is 135 Å². The maximum absolute atomic E-state index is 9.42. The number of nitrogen functional groups attached to an aromatic ring is 1. The smallest absolute Gasteiger partial charge is 0.142 e. The van der Waals surface area contributed by atoms with Gasteiger partial charge in [0.25, 0.3) is 0 Å². The van der Waals surface area contributed by atoms with Gasteiger partial charge in [-0.2, -0.15) is 5.26 Å². The molecule has 2 heterocycles. The van der Waals surface area contributed by atoms with Crippen molar-refractivity contribution < 1.29 is 0 Å². The molecular weight excluding hydrogens is 284 g/mol. The standard InChI is InChI=1S/C19H16N4/c1-12-6-7-13(2)14(9-12)18-10-15(16(11-20)19(21)23-18)17-5-3-4-8-22-17/h3-10H,1-2H3,(H2,21,23). The van der Waals surface area contributed by atoms with E-state index < -0.39 is 0 Å².